The Kier molecular flexibility index (Phi) is 2.32. The Labute approximate surface area is 114 Å². The average molecular weight is 268 g/mol. The molecule has 3 nitrogen and oxygen atoms in total. The van der Waals surface area contributed by atoms with Crippen LogP contribution in [0.25, 0.3) is 21.0 Å². The van der Waals surface area contributed by atoms with Crippen LogP contribution in [0.15, 0.2) is 36.4 Å². The van der Waals surface area contributed by atoms with Crippen molar-refractivity contribution >= 4 is 43.4 Å². The number of carbonyl (C=O) groups excluding carboxylic acids is 1. The summed E-state index contributed by atoms with van der Waals surface area (Å²) in [6.07, 6.45) is 2.03. The normalized spacial score (nSPS) is 14.9. The number of aromatic nitrogens is 1. The predicted octanol–water partition coefficient (Wildman–Crippen LogP) is 3.80. The Morgan fingerprint density at radius 3 is 2.89 bits per heavy atom. The number of fused-ring (bicyclic) bond motifs is 3. The fraction of sp³-hybridized carbons (Fsp3) is 0.200. The molecule has 1 aliphatic rings. The van der Waals surface area contributed by atoms with Crippen LogP contribution >= 0.6 is 11.3 Å². The van der Waals surface area contributed by atoms with Crippen LogP contribution in [-0.2, 0) is 4.79 Å². The van der Waals surface area contributed by atoms with Gasteiger partial charge in [0, 0.05) is 11.3 Å². The highest BCUT2D eigenvalue weighted by Gasteiger charge is 2.30. The molecule has 0 atom stereocenters. The van der Waals surface area contributed by atoms with E-state index in [1.54, 1.807) is 11.3 Å². The highest BCUT2D eigenvalue weighted by molar-refractivity contribution is 7.23. The van der Waals surface area contributed by atoms with Crippen LogP contribution in [0.4, 0.5) is 5.13 Å². The van der Waals surface area contributed by atoms with Crippen molar-refractivity contribution in [1.82, 2.24) is 4.98 Å². The second-order valence-electron chi connectivity index (χ2n) is 4.92. The number of nitrogens with one attached hydrogen (secondary N) is 1. The summed E-state index contributed by atoms with van der Waals surface area (Å²) >= 11 is 1.56. The largest absolute Gasteiger partial charge is 0.302 e. The highest BCUT2D eigenvalue weighted by atomic mass is 32.1. The van der Waals surface area contributed by atoms with Gasteiger partial charge in [0.2, 0.25) is 5.91 Å². The molecule has 94 valence electrons. The molecule has 1 aliphatic carbocycles. The monoisotopic (exact) mass is 268 g/mol. The third-order valence-electron chi connectivity index (χ3n) is 3.46. The smallest absolute Gasteiger partial charge is 0.229 e. The molecule has 0 spiro atoms. The maximum absolute atomic E-state index is 11.8. The van der Waals surface area contributed by atoms with E-state index in [2.05, 4.69) is 28.5 Å². The van der Waals surface area contributed by atoms with Gasteiger partial charge in [0.15, 0.2) is 5.13 Å². The minimum atomic E-state index is 0.114. The molecule has 0 unspecified atom stereocenters. The Hall–Kier alpha value is -1.94. The zero-order valence-corrected chi connectivity index (χ0v) is 11.0. The Morgan fingerprint density at radius 1 is 1.21 bits per heavy atom. The lowest BCUT2D eigenvalue weighted by atomic mass is 10.1. The van der Waals surface area contributed by atoms with Gasteiger partial charge in [-0.25, -0.2) is 4.98 Å². The van der Waals surface area contributed by atoms with Gasteiger partial charge in [0.1, 0.15) is 0 Å². The molecule has 0 saturated heterocycles. The first-order chi connectivity index (χ1) is 9.31. The molecule has 4 rings (SSSR count). The predicted molar refractivity (Wildman–Crippen MR) is 78.5 cm³/mol. The third-order valence-corrected chi connectivity index (χ3v) is 4.48. The molecule has 1 heterocycles. The van der Waals surface area contributed by atoms with Crippen molar-refractivity contribution in [2.75, 3.05) is 5.32 Å². The van der Waals surface area contributed by atoms with Crippen LogP contribution in [0.2, 0.25) is 0 Å². The molecule has 2 aromatic carbocycles. The van der Waals surface area contributed by atoms with Gasteiger partial charge in [-0.1, -0.05) is 41.7 Å². The van der Waals surface area contributed by atoms with Crippen LogP contribution in [-0.4, -0.2) is 10.9 Å². The van der Waals surface area contributed by atoms with Gasteiger partial charge in [-0.05, 0) is 24.3 Å². The molecule has 0 bridgehead atoms. The van der Waals surface area contributed by atoms with Gasteiger partial charge in [0.25, 0.3) is 0 Å². The lowest BCUT2D eigenvalue weighted by Crippen LogP contribution is -2.12. The number of hydrogen-bond donors (Lipinski definition) is 1. The second kappa shape index (κ2) is 4.03. The minimum absolute atomic E-state index is 0.114. The van der Waals surface area contributed by atoms with Gasteiger partial charge in [-0.15, -0.1) is 0 Å². The molecule has 1 fully saturated rings. The summed E-state index contributed by atoms with van der Waals surface area (Å²) in [5.74, 6) is 0.326. The Bertz CT molecular complexity index is 789. The molecular weight excluding hydrogens is 256 g/mol. The number of rotatable bonds is 2. The van der Waals surface area contributed by atoms with Gasteiger partial charge in [0.05, 0.1) is 10.2 Å². The van der Waals surface area contributed by atoms with Gasteiger partial charge in [-0.3, -0.25) is 4.79 Å². The fourth-order valence-corrected chi connectivity index (χ4v) is 3.27. The van der Waals surface area contributed by atoms with Gasteiger partial charge in [-0.2, -0.15) is 0 Å². The van der Waals surface area contributed by atoms with E-state index in [0.717, 1.165) is 23.1 Å². The molecule has 0 aliphatic heterocycles. The van der Waals surface area contributed by atoms with Crippen LogP contribution in [0.5, 0.6) is 0 Å². The first-order valence-electron chi connectivity index (χ1n) is 6.40. The molecule has 1 aromatic heterocycles. The maximum atomic E-state index is 11.8. The molecule has 3 aromatic rings. The van der Waals surface area contributed by atoms with E-state index in [-0.39, 0.29) is 11.8 Å². The summed E-state index contributed by atoms with van der Waals surface area (Å²) in [5.41, 5.74) is 0.954. The quantitative estimate of drug-likeness (QED) is 0.768. The van der Waals surface area contributed by atoms with Crippen molar-refractivity contribution in [3.8, 4) is 0 Å². The number of nitrogens with zero attached hydrogens (tertiary/aromatic N) is 1. The zero-order chi connectivity index (χ0) is 12.8. The fourth-order valence-electron chi connectivity index (χ4n) is 2.26. The minimum Gasteiger partial charge on any atom is -0.302 e. The molecule has 1 saturated carbocycles. The van der Waals surface area contributed by atoms with Crippen LogP contribution in [0, 0.1) is 5.92 Å². The van der Waals surface area contributed by atoms with Crippen molar-refractivity contribution in [2.24, 2.45) is 5.92 Å². The lowest BCUT2D eigenvalue weighted by Gasteiger charge is -1.97. The van der Waals surface area contributed by atoms with Crippen molar-refractivity contribution in [1.29, 1.82) is 0 Å². The lowest BCUT2D eigenvalue weighted by molar-refractivity contribution is -0.117. The number of benzene rings is 2. The molecule has 1 N–H and O–H groups in total. The van der Waals surface area contributed by atoms with E-state index in [4.69, 9.17) is 0 Å². The van der Waals surface area contributed by atoms with Crippen molar-refractivity contribution in [3.63, 3.8) is 0 Å². The van der Waals surface area contributed by atoms with Crippen molar-refractivity contribution < 1.29 is 4.79 Å². The van der Waals surface area contributed by atoms with E-state index >= 15 is 0 Å². The van der Waals surface area contributed by atoms with Gasteiger partial charge >= 0.3 is 0 Å². The number of amides is 1. The third kappa shape index (κ3) is 1.88. The van der Waals surface area contributed by atoms with Crippen LogP contribution in [0.1, 0.15) is 12.8 Å². The average Bonchev–Trinajstić information content (AvgIpc) is 3.19. The topological polar surface area (TPSA) is 42.0 Å². The number of anilines is 1. The Morgan fingerprint density at radius 2 is 2.05 bits per heavy atom. The van der Waals surface area contributed by atoms with Gasteiger partial charge < -0.3 is 5.32 Å². The van der Waals surface area contributed by atoms with Crippen molar-refractivity contribution in [3.05, 3.63) is 36.4 Å². The van der Waals surface area contributed by atoms with Crippen LogP contribution in [0.3, 0.4) is 0 Å². The highest BCUT2D eigenvalue weighted by Crippen LogP contribution is 2.34. The SMILES string of the molecule is O=C(Nc1nc2ccc3ccccc3c2s1)C1CC1. The van der Waals surface area contributed by atoms with Crippen molar-refractivity contribution in [2.45, 2.75) is 12.8 Å². The summed E-state index contributed by atoms with van der Waals surface area (Å²) in [5, 5.41) is 6.04. The summed E-state index contributed by atoms with van der Waals surface area (Å²) in [6, 6.07) is 12.3. The zero-order valence-electron chi connectivity index (χ0n) is 10.2. The molecule has 4 heteroatoms. The molecule has 0 radical (unpaired) electrons. The molecule has 19 heavy (non-hydrogen) atoms. The standard InChI is InChI=1S/C15H12N2OS/c18-14(10-5-6-10)17-15-16-12-8-7-9-3-1-2-4-11(9)13(12)19-15/h1-4,7-8,10H,5-6H2,(H,16,17,18). The molecular formula is C15H12N2OS. The molecule has 1 amide bonds. The summed E-state index contributed by atoms with van der Waals surface area (Å²) in [7, 11) is 0. The van der Waals surface area contributed by atoms with E-state index in [9.17, 15) is 4.79 Å². The van der Waals surface area contributed by atoms with Crippen LogP contribution < -0.4 is 5.32 Å². The maximum Gasteiger partial charge on any atom is 0.229 e. The van der Waals surface area contributed by atoms with E-state index in [1.165, 1.54) is 10.8 Å². The number of hydrogen-bond acceptors (Lipinski definition) is 3. The summed E-state index contributed by atoms with van der Waals surface area (Å²) in [4.78, 5) is 16.3. The summed E-state index contributed by atoms with van der Waals surface area (Å²) < 4.78 is 1.14. The first-order valence-corrected chi connectivity index (χ1v) is 7.22. The number of carbonyl (C=O) groups is 1. The number of thiazole rings is 1. The van der Waals surface area contributed by atoms with E-state index in [1.807, 2.05) is 18.2 Å². The van der Waals surface area contributed by atoms with E-state index < -0.39 is 0 Å². The first kappa shape index (κ1) is 10.9. The second-order valence-corrected chi connectivity index (χ2v) is 5.92. The van der Waals surface area contributed by atoms with E-state index in [0.29, 0.717) is 5.13 Å². The Balaban J connectivity index is 1.81. The summed E-state index contributed by atoms with van der Waals surface area (Å²) in [6.45, 7) is 0.